The fraction of sp³-hybridized carbons (Fsp3) is 1.00. The Morgan fingerprint density at radius 2 is 1.00 bits per heavy atom. The highest BCUT2D eigenvalue weighted by Crippen LogP contribution is 2.43. The van der Waals surface area contributed by atoms with Gasteiger partial charge in [0, 0.05) is 12.1 Å². The Morgan fingerprint density at radius 3 is 1.37 bits per heavy atom. The van der Waals surface area contributed by atoms with E-state index in [9.17, 15) is 0 Å². The summed E-state index contributed by atoms with van der Waals surface area (Å²) in [6, 6.07) is 0.866. The summed E-state index contributed by atoms with van der Waals surface area (Å²) in [6.45, 7) is 9.56. The van der Waals surface area contributed by atoms with Gasteiger partial charge in [0.1, 0.15) is 0 Å². The van der Waals surface area contributed by atoms with E-state index < -0.39 is 0 Å². The van der Waals surface area contributed by atoms with E-state index in [1.807, 2.05) is 0 Å². The molecule has 0 aromatic carbocycles. The molecule has 2 fully saturated rings. The van der Waals surface area contributed by atoms with Gasteiger partial charge in [-0.25, -0.2) is 0 Å². The van der Waals surface area contributed by atoms with Gasteiger partial charge in [-0.3, -0.25) is 0 Å². The van der Waals surface area contributed by atoms with Crippen molar-refractivity contribution in [2.75, 3.05) is 0 Å². The Morgan fingerprint density at radius 1 is 0.632 bits per heavy atom. The molecule has 0 amide bonds. The van der Waals surface area contributed by atoms with Crippen LogP contribution >= 0.6 is 0 Å². The van der Waals surface area contributed by atoms with Gasteiger partial charge in [-0.1, -0.05) is 27.7 Å². The molecule has 19 heavy (non-hydrogen) atoms. The van der Waals surface area contributed by atoms with E-state index in [0.717, 1.165) is 23.7 Å². The Balaban J connectivity index is 1.94. The smallest absolute Gasteiger partial charge is 0.00672 e. The lowest BCUT2D eigenvalue weighted by molar-refractivity contribution is 0.0826. The lowest BCUT2D eigenvalue weighted by Crippen LogP contribution is -2.43. The maximum Gasteiger partial charge on any atom is 0.00672 e. The van der Waals surface area contributed by atoms with Crippen LogP contribution in [0.1, 0.15) is 59.8 Å². The summed E-state index contributed by atoms with van der Waals surface area (Å²) >= 11 is 0. The summed E-state index contributed by atoms with van der Waals surface area (Å²) in [7, 11) is 0. The molecule has 8 atom stereocenters. The van der Waals surface area contributed by atoms with E-state index in [1.165, 1.54) is 32.1 Å². The van der Waals surface area contributed by atoms with Gasteiger partial charge in [-0.05, 0) is 67.6 Å². The average Bonchev–Trinajstić information content (AvgIpc) is 2.39. The summed E-state index contributed by atoms with van der Waals surface area (Å²) in [6.07, 6.45) is 6.56. The minimum absolute atomic E-state index is 0.433. The Kier molecular flexibility index (Phi) is 4.94. The van der Waals surface area contributed by atoms with E-state index in [1.54, 1.807) is 0 Å². The van der Waals surface area contributed by atoms with Crippen molar-refractivity contribution in [1.82, 2.24) is 0 Å². The van der Waals surface area contributed by atoms with Crippen LogP contribution in [0, 0.1) is 35.5 Å². The first-order chi connectivity index (χ1) is 8.91. The van der Waals surface area contributed by atoms with E-state index in [4.69, 9.17) is 11.5 Å². The zero-order valence-corrected chi connectivity index (χ0v) is 13.3. The lowest BCUT2D eigenvalue weighted by atomic mass is 9.63. The van der Waals surface area contributed by atoms with Crippen molar-refractivity contribution in [3.05, 3.63) is 0 Å². The van der Waals surface area contributed by atoms with Crippen LogP contribution in [0.15, 0.2) is 0 Å². The van der Waals surface area contributed by atoms with E-state index in [0.29, 0.717) is 23.9 Å². The second-order valence-electron chi connectivity index (χ2n) is 7.67. The first-order valence-electron chi connectivity index (χ1n) is 8.43. The molecule has 2 heteroatoms. The standard InChI is InChI=1S/C17H34N2/c1-10-12(3)16(18)7-5-14(10)9-15-6-8-17(19)13(4)11(15)2/h10-17H,5-9,18-19H2,1-4H3. The van der Waals surface area contributed by atoms with Crippen LogP contribution in [-0.2, 0) is 0 Å². The van der Waals surface area contributed by atoms with Gasteiger partial charge in [0.05, 0.1) is 0 Å². The highest BCUT2D eigenvalue weighted by Gasteiger charge is 2.37. The number of nitrogens with two attached hydrogens (primary N) is 2. The number of rotatable bonds is 2. The maximum absolute atomic E-state index is 6.22. The van der Waals surface area contributed by atoms with Crippen molar-refractivity contribution in [3.63, 3.8) is 0 Å². The molecule has 8 unspecified atom stereocenters. The zero-order chi connectivity index (χ0) is 14.2. The van der Waals surface area contributed by atoms with Gasteiger partial charge < -0.3 is 11.5 Å². The number of hydrogen-bond acceptors (Lipinski definition) is 2. The summed E-state index contributed by atoms with van der Waals surface area (Å²) in [4.78, 5) is 0. The molecule has 4 N–H and O–H groups in total. The van der Waals surface area contributed by atoms with Gasteiger partial charge in [0.15, 0.2) is 0 Å². The van der Waals surface area contributed by atoms with Gasteiger partial charge in [-0.15, -0.1) is 0 Å². The van der Waals surface area contributed by atoms with Gasteiger partial charge in [0.25, 0.3) is 0 Å². The van der Waals surface area contributed by atoms with Crippen LogP contribution in [0.4, 0.5) is 0 Å². The zero-order valence-electron chi connectivity index (χ0n) is 13.3. The van der Waals surface area contributed by atoms with E-state index >= 15 is 0 Å². The second-order valence-corrected chi connectivity index (χ2v) is 7.67. The molecule has 2 aliphatic carbocycles. The molecule has 2 rings (SSSR count). The SMILES string of the molecule is CC1C(N)CCC(CC2CCC(N)C(C)C2C)C1C. The minimum atomic E-state index is 0.433. The molecule has 0 heterocycles. The molecule has 0 bridgehead atoms. The third kappa shape index (κ3) is 3.16. The van der Waals surface area contributed by atoms with Crippen LogP contribution in [0.5, 0.6) is 0 Å². The van der Waals surface area contributed by atoms with Crippen molar-refractivity contribution in [2.45, 2.75) is 71.9 Å². The normalized spacial score (nSPS) is 52.1. The van der Waals surface area contributed by atoms with Crippen molar-refractivity contribution >= 4 is 0 Å². The molecule has 0 aliphatic heterocycles. The maximum atomic E-state index is 6.22. The quantitative estimate of drug-likeness (QED) is 0.805. The molecule has 0 aromatic heterocycles. The Hall–Kier alpha value is -0.0800. The monoisotopic (exact) mass is 266 g/mol. The van der Waals surface area contributed by atoms with Gasteiger partial charge in [-0.2, -0.15) is 0 Å². The lowest BCUT2D eigenvalue weighted by Gasteiger charge is -2.44. The van der Waals surface area contributed by atoms with Crippen LogP contribution in [-0.4, -0.2) is 12.1 Å². The second kappa shape index (κ2) is 6.13. The average molecular weight is 266 g/mol. The minimum Gasteiger partial charge on any atom is -0.327 e. The fourth-order valence-corrected chi connectivity index (χ4v) is 4.56. The molecule has 2 aliphatic rings. The molecular formula is C17H34N2. The summed E-state index contributed by atoms with van der Waals surface area (Å²) < 4.78 is 0. The summed E-state index contributed by atoms with van der Waals surface area (Å²) in [5.74, 6) is 4.76. The largest absolute Gasteiger partial charge is 0.327 e. The third-order valence-electron chi connectivity index (χ3n) is 6.84. The molecule has 0 spiro atoms. The first-order valence-corrected chi connectivity index (χ1v) is 8.43. The Labute approximate surface area is 119 Å². The molecular weight excluding hydrogens is 232 g/mol. The van der Waals surface area contributed by atoms with Crippen molar-refractivity contribution < 1.29 is 0 Å². The predicted molar refractivity (Wildman–Crippen MR) is 82.7 cm³/mol. The third-order valence-corrected chi connectivity index (χ3v) is 6.84. The van der Waals surface area contributed by atoms with Gasteiger partial charge >= 0.3 is 0 Å². The first kappa shape index (κ1) is 15.3. The van der Waals surface area contributed by atoms with Crippen LogP contribution < -0.4 is 11.5 Å². The highest BCUT2D eigenvalue weighted by atomic mass is 14.7. The topological polar surface area (TPSA) is 52.0 Å². The van der Waals surface area contributed by atoms with E-state index in [-0.39, 0.29) is 0 Å². The molecule has 2 saturated carbocycles. The predicted octanol–water partition coefficient (Wildman–Crippen LogP) is 3.40. The van der Waals surface area contributed by atoms with Crippen molar-refractivity contribution in [1.29, 1.82) is 0 Å². The number of hydrogen-bond donors (Lipinski definition) is 2. The molecule has 0 radical (unpaired) electrons. The molecule has 112 valence electrons. The van der Waals surface area contributed by atoms with Crippen LogP contribution in [0.25, 0.3) is 0 Å². The summed E-state index contributed by atoms with van der Waals surface area (Å²) in [5.41, 5.74) is 12.4. The molecule has 0 saturated heterocycles. The van der Waals surface area contributed by atoms with Crippen molar-refractivity contribution in [3.8, 4) is 0 Å². The summed E-state index contributed by atoms with van der Waals surface area (Å²) in [5, 5.41) is 0. The highest BCUT2D eigenvalue weighted by molar-refractivity contribution is 4.90. The van der Waals surface area contributed by atoms with Gasteiger partial charge in [0.2, 0.25) is 0 Å². The van der Waals surface area contributed by atoms with Crippen LogP contribution in [0.3, 0.4) is 0 Å². The van der Waals surface area contributed by atoms with Crippen LogP contribution in [0.2, 0.25) is 0 Å². The van der Waals surface area contributed by atoms with E-state index in [2.05, 4.69) is 27.7 Å². The fourth-order valence-electron chi connectivity index (χ4n) is 4.56. The molecule has 2 nitrogen and oxygen atoms in total. The molecule has 0 aromatic rings. The van der Waals surface area contributed by atoms with Crippen molar-refractivity contribution in [2.24, 2.45) is 47.0 Å². The Bertz CT molecular complexity index is 263.